The predicted molar refractivity (Wildman–Crippen MR) is 66.1 cm³/mol. The van der Waals surface area contributed by atoms with Crippen LogP contribution in [-0.4, -0.2) is 52.7 Å². The molecule has 13 heavy (non-hydrogen) atoms. The molecule has 1 unspecified atom stereocenters. The molecule has 0 N–H and O–H groups in total. The van der Waals surface area contributed by atoms with Crippen LogP contribution in [0.4, 0.5) is 0 Å². The minimum atomic E-state index is 0.693. The summed E-state index contributed by atoms with van der Waals surface area (Å²) in [5, 5.41) is 0. The third-order valence-electron chi connectivity index (χ3n) is 3.55. The molecule has 3 heteroatoms. The van der Waals surface area contributed by atoms with Gasteiger partial charge in [-0.15, -0.1) is 0 Å². The predicted octanol–water partition coefficient (Wildman–Crippen LogP) is 1.94. The van der Waals surface area contributed by atoms with Crippen molar-refractivity contribution in [1.29, 1.82) is 0 Å². The lowest BCUT2D eigenvalue weighted by atomic mass is 10.2. The maximum atomic E-state index is 2.57. The van der Waals surface area contributed by atoms with Gasteiger partial charge in [0.05, 0.1) is 30.2 Å². The zero-order valence-corrected chi connectivity index (χ0v) is 11.4. The number of rotatable bonds is 2. The molecule has 0 spiro atoms. The van der Waals surface area contributed by atoms with Gasteiger partial charge in [0, 0.05) is 13.1 Å². The Kier molecular flexibility index (Phi) is 4.01. The van der Waals surface area contributed by atoms with Crippen LogP contribution < -0.4 is 0 Å². The SMILES string of the molecule is CC(I)N1CC[N+](C)(C(C)C)CC1. The van der Waals surface area contributed by atoms with Crippen LogP contribution >= 0.6 is 22.6 Å². The molecule has 0 aliphatic carbocycles. The molecule has 78 valence electrons. The normalized spacial score (nSPS) is 26.3. The molecule has 0 radical (unpaired) electrons. The number of hydrogen-bond acceptors (Lipinski definition) is 1. The second kappa shape index (κ2) is 4.45. The van der Waals surface area contributed by atoms with Crippen molar-refractivity contribution < 1.29 is 4.48 Å². The van der Waals surface area contributed by atoms with Gasteiger partial charge in [-0.05, 0) is 20.8 Å². The standard InChI is InChI=1S/C10H22IN2/c1-9(2)13(4)7-5-12(6-8-13)10(3)11/h9-10H,5-8H2,1-4H3/q+1. The molecular weight excluding hydrogens is 275 g/mol. The van der Waals surface area contributed by atoms with E-state index in [0.717, 1.165) is 6.04 Å². The van der Waals surface area contributed by atoms with E-state index in [1.165, 1.54) is 30.7 Å². The minimum Gasteiger partial charge on any atom is -0.322 e. The summed E-state index contributed by atoms with van der Waals surface area (Å²) in [5.74, 6) is 0. The molecule has 0 bridgehead atoms. The fourth-order valence-electron chi connectivity index (χ4n) is 1.81. The highest BCUT2D eigenvalue weighted by atomic mass is 127. The molecule has 2 nitrogen and oxygen atoms in total. The van der Waals surface area contributed by atoms with Crippen molar-refractivity contribution >= 4 is 22.6 Å². The summed E-state index contributed by atoms with van der Waals surface area (Å²) in [7, 11) is 2.39. The van der Waals surface area contributed by atoms with Gasteiger partial charge in [-0.25, -0.2) is 0 Å². The summed E-state index contributed by atoms with van der Waals surface area (Å²) < 4.78 is 1.94. The van der Waals surface area contributed by atoms with E-state index in [-0.39, 0.29) is 0 Å². The van der Waals surface area contributed by atoms with Gasteiger partial charge < -0.3 is 4.48 Å². The quantitative estimate of drug-likeness (QED) is 0.326. The van der Waals surface area contributed by atoms with Crippen LogP contribution in [-0.2, 0) is 0 Å². The Morgan fingerprint density at radius 1 is 1.15 bits per heavy atom. The number of nitrogens with zero attached hydrogens (tertiary/aromatic N) is 2. The summed E-state index contributed by atoms with van der Waals surface area (Å²) >= 11 is 2.51. The number of alkyl halides is 1. The average molecular weight is 297 g/mol. The van der Waals surface area contributed by atoms with E-state index in [0.29, 0.717) is 4.05 Å². The number of halogens is 1. The first-order valence-electron chi connectivity index (χ1n) is 5.18. The Morgan fingerprint density at radius 2 is 1.62 bits per heavy atom. The van der Waals surface area contributed by atoms with Crippen LogP contribution in [0, 0.1) is 0 Å². The van der Waals surface area contributed by atoms with E-state index < -0.39 is 0 Å². The summed E-state index contributed by atoms with van der Waals surface area (Å²) in [6, 6.07) is 0.770. The summed E-state index contributed by atoms with van der Waals surface area (Å²) in [5.41, 5.74) is 0. The second-order valence-electron chi connectivity index (χ2n) is 4.63. The van der Waals surface area contributed by atoms with Crippen molar-refractivity contribution in [2.24, 2.45) is 0 Å². The first-order valence-corrected chi connectivity index (χ1v) is 6.42. The second-order valence-corrected chi connectivity index (χ2v) is 6.43. The van der Waals surface area contributed by atoms with E-state index in [2.05, 4.69) is 55.3 Å². The Balaban J connectivity index is 2.47. The molecule has 0 aromatic rings. The molecule has 0 aromatic heterocycles. The molecule has 1 atom stereocenters. The molecule has 1 aliphatic rings. The van der Waals surface area contributed by atoms with E-state index >= 15 is 0 Å². The molecular formula is C10H22IN2+. The van der Waals surface area contributed by atoms with Crippen LogP contribution in [0.5, 0.6) is 0 Å². The first-order chi connectivity index (χ1) is 5.96. The number of piperazine rings is 1. The lowest BCUT2D eigenvalue weighted by Gasteiger charge is -2.45. The smallest absolute Gasteiger partial charge is 0.0916 e. The lowest BCUT2D eigenvalue weighted by Crippen LogP contribution is -2.61. The van der Waals surface area contributed by atoms with Gasteiger partial charge in [0.15, 0.2) is 0 Å². The van der Waals surface area contributed by atoms with Crippen LogP contribution in [0.15, 0.2) is 0 Å². The van der Waals surface area contributed by atoms with Crippen LogP contribution in [0.3, 0.4) is 0 Å². The van der Waals surface area contributed by atoms with Gasteiger partial charge in [0.1, 0.15) is 0 Å². The Hall–Kier alpha value is 0.650. The van der Waals surface area contributed by atoms with E-state index in [9.17, 15) is 0 Å². The summed E-state index contributed by atoms with van der Waals surface area (Å²) in [4.78, 5) is 2.57. The number of hydrogen-bond donors (Lipinski definition) is 0. The molecule has 1 aliphatic heterocycles. The minimum absolute atomic E-state index is 0.693. The maximum Gasteiger partial charge on any atom is 0.0916 e. The van der Waals surface area contributed by atoms with E-state index in [1.807, 2.05) is 0 Å². The van der Waals surface area contributed by atoms with Crippen LogP contribution in [0.2, 0.25) is 0 Å². The van der Waals surface area contributed by atoms with E-state index in [4.69, 9.17) is 0 Å². The van der Waals surface area contributed by atoms with Gasteiger partial charge >= 0.3 is 0 Å². The van der Waals surface area contributed by atoms with Gasteiger partial charge in [-0.2, -0.15) is 0 Å². The number of quaternary nitrogens is 1. The topological polar surface area (TPSA) is 3.24 Å². The zero-order chi connectivity index (χ0) is 10.1. The summed E-state index contributed by atoms with van der Waals surface area (Å²) in [6.07, 6.45) is 0. The zero-order valence-electron chi connectivity index (χ0n) is 9.26. The van der Waals surface area contributed by atoms with Gasteiger partial charge in [-0.1, -0.05) is 22.6 Å². The Labute approximate surface area is 96.0 Å². The van der Waals surface area contributed by atoms with Crippen LogP contribution in [0.1, 0.15) is 20.8 Å². The molecule has 0 amide bonds. The third kappa shape index (κ3) is 2.80. The van der Waals surface area contributed by atoms with Crippen molar-refractivity contribution in [3.63, 3.8) is 0 Å². The first kappa shape index (κ1) is 11.7. The fraction of sp³-hybridized carbons (Fsp3) is 1.00. The van der Waals surface area contributed by atoms with Crippen molar-refractivity contribution in [3.05, 3.63) is 0 Å². The highest BCUT2D eigenvalue weighted by molar-refractivity contribution is 14.1. The molecule has 0 aromatic carbocycles. The van der Waals surface area contributed by atoms with Crippen molar-refractivity contribution in [2.75, 3.05) is 33.2 Å². The monoisotopic (exact) mass is 297 g/mol. The fourth-order valence-corrected chi connectivity index (χ4v) is 2.37. The highest BCUT2D eigenvalue weighted by Gasteiger charge is 2.32. The lowest BCUT2D eigenvalue weighted by molar-refractivity contribution is -0.933. The third-order valence-corrected chi connectivity index (χ3v) is 4.33. The molecule has 0 saturated carbocycles. The summed E-state index contributed by atoms with van der Waals surface area (Å²) in [6.45, 7) is 12.1. The van der Waals surface area contributed by atoms with Crippen molar-refractivity contribution in [2.45, 2.75) is 30.9 Å². The van der Waals surface area contributed by atoms with E-state index in [1.54, 1.807) is 0 Å². The molecule has 1 fully saturated rings. The molecule has 1 rings (SSSR count). The molecule has 1 saturated heterocycles. The highest BCUT2D eigenvalue weighted by Crippen LogP contribution is 2.18. The maximum absolute atomic E-state index is 2.57. The van der Waals surface area contributed by atoms with Crippen molar-refractivity contribution in [1.82, 2.24) is 4.90 Å². The Bertz CT molecular complexity index is 160. The largest absolute Gasteiger partial charge is 0.322 e. The van der Waals surface area contributed by atoms with Crippen molar-refractivity contribution in [3.8, 4) is 0 Å². The average Bonchev–Trinajstić information content (AvgIpc) is 2.04. The van der Waals surface area contributed by atoms with Gasteiger partial charge in [0.25, 0.3) is 0 Å². The van der Waals surface area contributed by atoms with Gasteiger partial charge in [-0.3, -0.25) is 4.90 Å². The van der Waals surface area contributed by atoms with Gasteiger partial charge in [0.2, 0.25) is 0 Å². The number of likely N-dealkylation sites (N-methyl/N-ethyl adjacent to an activating group) is 1. The Morgan fingerprint density at radius 3 is 1.92 bits per heavy atom. The van der Waals surface area contributed by atoms with Crippen LogP contribution in [0.25, 0.3) is 0 Å². The molecule has 1 heterocycles.